The van der Waals surface area contributed by atoms with Gasteiger partial charge in [0.2, 0.25) is 0 Å². The summed E-state index contributed by atoms with van der Waals surface area (Å²) >= 11 is 12.8. The average Bonchev–Trinajstić information content (AvgIpc) is 2.96. The lowest BCUT2D eigenvalue weighted by molar-refractivity contribution is 0.0777. The predicted octanol–water partition coefficient (Wildman–Crippen LogP) is 9.15. The zero-order valence-corrected chi connectivity index (χ0v) is 27.1. The van der Waals surface area contributed by atoms with E-state index < -0.39 is 0 Å². The molecule has 3 nitrogen and oxygen atoms in total. The van der Waals surface area contributed by atoms with Crippen molar-refractivity contribution in [3.63, 3.8) is 0 Å². The van der Waals surface area contributed by atoms with Gasteiger partial charge in [0, 0.05) is 30.0 Å². The maximum absolute atomic E-state index is 14.2. The second-order valence-corrected chi connectivity index (χ2v) is 11.9. The number of hydrogen-bond donors (Lipinski definition) is 1. The highest BCUT2D eigenvalue weighted by Gasteiger charge is 2.42. The Kier molecular flexibility index (Phi) is 11.1. The van der Waals surface area contributed by atoms with Crippen LogP contribution in [0.3, 0.4) is 0 Å². The number of benzene rings is 4. The quantitative estimate of drug-likeness (QED) is 0.139. The van der Waals surface area contributed by atoms with E-state index in [-0.39, 0.29) is 41.1 Å². The number of rotatable bonds is 9. The molecule has 0 aromatic heterocycles. The molecule has 4 aromatic rings. The van der Waals surface area contributed by atoms with E-state index >= 15 is 0 Å². The number of piperidine rings is 1. The Balaban J connectivity index is 0.00000387. The number of unbranched alkanes of at least 4 members (excludes halogenated alkanes) is 1. The number of likely N-dealkylation sites (tertiary alicyclic amines) is 1. The van der Waals surface area contributed by atoms with Gasteiger partial charge in [-0.3, -0.25) is 4.79 Å². The van der Waals surface area contributed by atoms with Crippen LogP contribution in [-0.2, 0) is 6.42 Å². The summed E-state index contributed by atoms with van der Waals surface area (Å²) < 4.78 is 14.2. The van der Waals surface area contributed by atoms with Gasteiger partial charge in [-0.15, -0.1) is 24.0 Å². The summed E-state index contributed by atoms with van der Waals surface area (Å²) in [6.07, 6.45) is 4.96. The first-order valence-corrected chi connectivity index (χ1v) is 14.7. The molecule has 216 valence electrons. The Hall–Kier alpha value is -2.19. The van der Waals surface area contributed by atoms with E-state index in [1.807, 2.05) is 18.2 Å². The van der Waals surface area contributed by atoms with E-state index in [1.54, 1.807) is 24.3 Å². The number of amides is 1. The highest BCUT2D eigenvalue weighted by Crippen LogP contribution is 2.49. The molecule has 0 saturated carbocycles. The molecule has 2 unspecified atom stereocenters. The lowest BCUT2D eigenvalue weighted by Gasteiger charge is -2.48. The molecule has 2 atom stereocenters. The van der Waals surface area contributed by atoms with Crippen LogP contribution in [0.1, 0.15) is 53.1 Å². The van der Waals surface area contributed by atoms with Crippen molar-refractivity contribution in [2.75, 3.05) is 26.7 Å². The van der Waals surface area contributed by atoms with Gasteiger partial charge >= 0.3 is 0 Å². The minimum Gasteiger partial charge on any atom is -0.352 e. The fourth-order valence-corrected chi connectivity index (χ4v) is 6.64. The zero-order chi connectivity index (χ0) is 28.1. The number of halogens is 4. The minimum atomic E-state index is -0.314. The summed E-state index contributed by atoms with van der Waals surface area (Å²) in [6.45, 7) is 2.57. The number of hydrogen-bond acceptors (Lipinski definition) is 2. The number of likely N-dealkylation sites (N-methyl/N-ethyl adjacent to an activating group) is 1. The molecule has 1 saturated heterocycles. The average molecular weight is 705 g/mol. The predicted molar refractivity (Wildman–Crippen MR) is 179 cm³/mol. The Bertz CT molecular complexity index is 1480. The van der Waals surface area contributed by atoms with Gasteiger partial charge in [0.1, 0.15) is 5.82 Å². The molecule has 0 radical (unpaired) electrons. The Morgan fingerprint density at radius 2 is 1.68 bits per heavy atom. The fraction of sp³-hybridized carbons (Fsp3) is 0.324. The van der Waals surface area contributed by atoms with Crippen LogP contribution in [0.25, 0.3) is 10.8 Å². The third kappa shape index (κ3) is 7.42. The molecule has 1 aliphatic heterocycles. The maximum Gasteiger partial charge on any atom is 0.251 e. The molecule has 41 heavy (non-hydrogen) atoms. The molecule has 1 fully saturated rings. The van der Waals surface area contributed by atoms with Crippen LogP contribution in [0, 0.1) is 11.2 Å². The first-order valence-electron chi connectivity index (χ1n) is 14.0. The lowest BCUT2D eigenvalue weighted by atomic mass is 9.62. The molecule has 1 N–H and O–H groups in total. The molecule has 1 heterocycles. The largest absolute Gasteiger partial charge is 0.352 e. The first kappa shape index (κ1) is 31.7. The Morgan fingerprint density at radius 3 is 2.44 bits per heavy atom. The SMILES string of the molecule is CN1CCC(CCCCNC(=O)c2ccc(F)c3ccccc23)(Cc2ccccc2)C(c2ccc(Cl)c(Cl)c2)C1.I. The second-order valence-electron chi connectivity index (χ2n) is 11.1. The number of fused-ring (bicyclic) bond motifs is 1. The van der Waals surface area contributed by atoms with Crippen molar-refractivity contribution < 1.29 is 9.18 Å². The van der Waals surface area contributed by atoms with E-state index in [0.717, 1.165) is 45.2 Å². The standard InChI is InChI=1S/C34H35Cl2FN2O.HI/c1-39-20-18-34(22-24-9-3-2-4-10-24,29(23-39)25-13-15-30(35)31(36)21-25)17-7-8-19-38-33(40)28-14-16-32(37)27-12-6-5-11-26(27)28;/h2-6,9-16,21,29H,7-8,17-20,22-23H2,1H3,(H,38,40);1H. The van der Waals surface area contributed by atoms with Crippen molar-refractivity contribution in [2.24, 2.45) is 5.41 Å². The molecule has 7 heteroatoms. The van der Waals surface area contributed by atoms with Crippen molar-refractivity contribution in [3.05, 3.63) is 117 Å². The third-order valence-corrected chi connectivity index (χ3v) is 9.21. The van der Waals surface area contributed by atoms with Crippen LogP contribution < -0.4 is 5.32 Å². The van der Waals surface area contributed by atoms with Gasteiger partial charge in [0.15, 0.2) is 0 Å². The molecule has 0 aliphatic carbocycles. The van der Waals surface area contributed by atoms with Gasteiger partial charge in [-0.05, 0) is 85.5 Å². The first-order chi connectivity index (χ1) is 19.4. The van der Waals surface area contributed by atoms with E-state index in [2.05, 4.69) is 53.7 Å². The molecule has 5 rings (SSSR count). The molecule has 1 aliphatic rings. The van der Waals surface area contributed by atoms with Gasteiger partial charge < -0.3 is 10.2 Å². The zero-order valence-electron chi connectivity index (χ0n) is 23.2. The Labute approximate surface area is 269 Å². The lowest BCUT2D eigenvalue weighted by Crippen LogP contribution is -2.46. The van der Waals surface area contributed by atoms with E-state index in [4.69, 9.17) is 23.2 Å². The van der Waals surface area contributed by atoms with Crippen LogP contribution in [0.4, 0.5) is 4.39 Å². The molecular formula is C34H36Cl2FIN2O. The van der Waals surface area contributed by atoms with Crippen LogP contribution in [0.15, 0.2) is 84.9 Å². The van der Waals surface area contributed by atoms with Crippen molar-refractivity contribution in [3.8, 4) is 0 Å². The smallest absolute Gasteiger partial charge is 0.251 e. The van der Waals surface area contributed by atoms with Gasteiger partial charge in [0.25, 0.3) is 5.91 Å². The number of nitrogens with zero attached hydrogens (tertiary/aromatic N) is 1. The van der Waals surface area contributed by atoms with Crippen molar-refractivity contribution in [2.45, 2.75) is 38.0 Å². The van der Waals surface area contributed by atoms with Gasteiger partial charge in [-0.25, -0.2) is 4.39 Å². The summed E-state index contributed by atoms with van der Waals surface area (Å²) in [5.41, 5.74) is 3.14. The summed E-state index contributed by atoms with van der Waals surface area (Å²) in [4.78, 5) is 15.4. The number of nitrogens with one attached hydrogen (secondary N) is 1. The summed E-state index contributed by atoms with van der Waals surface area (Å²) in [5.74, 6) is -0.171. The highest BCUT2D eigenvalue weighted by molar-refractivity contribution is 14.0. The van der Waals surface area contributed by atoms with E-state index in [0.29, 0.717) is 38.8 Å². The van der Waals surface area contributed by atoms with Crippen molar-refractivity contribution in [1.82, 2.24) is 10.2 Å². The normalized spacial score (nSPS) is 19.1. The summed E-state index contributed by atoms with van der Waals surface area (Å²) in [6, 6.07) is 26.9. The van der Waals surface area contributed by atoms with E-state index in [9.17, 15) is 9.18 Å². The van der Waals surface area contributed by atoms with Crippen LogP contribution in [0.2, 0.25) is 10.0 Å². The van der Waals surface area contributed by atoms with Gasteiger partial charge in [0.05, 0.1) is 10.0 Å². The minimum absolute atomic E-state index is 0. The van der Waals surface area contributed by atoms with Crippen molar-refractivity contribution >= 4 is 63.9 Å². The second kappa shape index (κ2) is 14.3. The molecule has 1 amide bonds. The monoisotopic (exact) mass is 704 g/mol. The fourth-order valence-electron chi connectivity index (χ4n) is 6.33. The third-order valence-electron chi connectivity index (χ3n) is 8.47. The topological polar surface area (TPSA) is 32.3 Å². The number of carbonyl (C=O) groups is 1. The van der Waals surface area contributed by atoms with E-state index in [1.165, 1.54) is 17.2 Å². The summed E-state index contributed by atoms with van der Waals surface area (Å²) in [7, 11) is 2.19. The van der Waals surface area contributed by atoms with Crippen LogP contribution in [-0.4, -0.2) is 37.5 Å². The number of carbonyl (C=O) groups excluding carboxylic acids is 1. The molecule has 4 aromatic carbocycles. The van der Waals surface area contributed by atoms with Gasteiger partial charge in [-0.2, -0.15) is 0 Å². The van der Waals surface area contributed by atoms with Crippen LogP contribution in [0.5, 0.6) is 0 Å². The molecule has 0 spiro atoms. The van der Waals surface area contributed by atoms with Crippen LogP contribution >= 0.6 is 47.2 Å². The molecular weight excluding hydrogens is 669 g/mol. The molecule has 0 bridgehead atoms. The van der Waals surface area contributed by atoms with Gasteiger partial charge in [-0.1, -0.05) is 90.3 Å². The summed E-state index contributed by atoms with van der Waals surface area (Å²) in [5, 5.41) is 5.35. The highest BCUT2D eigenvalue weighted by atomic mass is 127. The maximum atomic E-state index is 14.2. The van der Waals surface area contributed by atoms with Crippen molar-refractivity contribution in [1.29, 1.82) is 0 Å². The Morgan fingerprint density at radius 1 is 0.951 bits per heavy atom.